The summed E-state index contributed by atoms with van der Waals surface area (Å²) in [4.78, 5) is 2.61. The van der Waals surface area contributed by atoms with Gasteiger partial charge in [0, 0.05) is 25.8 Å². The van der Waals surface area contributed by atoms with Gasteiger partial charge in [-0.1, -0.05) is 0 Å². The zero-order valence-electron chi connectivity index (χ0n) is 24.6. The van der Waals surface area contributed by atoms with Gasteiger partial charge in [0.05, 0.1) is 0 Å². The molecule has 0 nitrogen and oxygen atoms in total. The van der Waals surface area contributed by atoms with E-state index in [1.165, 1.54) is 11.1 Å². The number of rotatable bonds is 7. The van der Waals surface area contributed by atoms with Crippen molar-refractivity contribution in [3.05, 3.63) is 79.9 Å². The summed E-state index contributed by atoms with van der Waals surface area (Å²) in [5.74, 6) is 3.41. The zero-order chi connectivity index (χ0) is 25.8. The Morgan fingerprint density at radius 1 is 0.583 bits per heavy atom. The largest absolute Gasteiger partial charge is 0 e. The van der Waals surface area contributed by atoms with Crippen LogP contribution in [0.15, 0.2) is 35.4 Å². The van der Waals surface area contributed by atoms with Crippen molar-refractivity contribution in [3.63, 3.8) is 0 Å². The molecular formula is C34H47HfSn. The molecule has 2 aliphatic rings. The molecule has 0 heterocycles. The molecule has 2 aromatic carbocycles. The van der Waals surface area contributed by atoms with Crippen LogP contribution in [0.5, 0.6) is 0 Å². The van der Waals surface area contributed by atoms with Gasteiger partial charge in [0.1, 0.15) is 0 Å². The first kappa shape index (κ1) is 30.1. The Kier molecular flexibility index (Phi) is 9.85. The fraction of sp³-hybridized carbons (Fsp3) is 0.529. The topological polar surface area (TPSA) is 0 Å². The third-order valence-corrected chi connectivity index (χ3v) is 13.1. The van der Waals surface area contributed by atoms with Gasteiger partial charge in [0.25, 0.3) is 0 Å². The van der Waals surface area contributed by atoms with Gasteiger partial charge in [0.2, 0.25) is 0 Å². The molecule has 0 N–H and O–H groups in total. The molecule has 2 unspecified atom stereocenters. The molecule has 0 fully saturated rings. The second-order valence-electron chi connectivity index (χ2n) is 12.5. The fourth-order valence-corrected chi connectivity index (χ4v) is 11.8. The number of hydrogen-bond donors (Lipinski definition) is 0. The average molecular weight is 753 g/mol. The fourth-order valence-electron chi connectivity index (χ4n) is 6.64. The molecule has 0 aromatic heterocycles. The molecule has 0 amide bonds. The smallest absolute Gasteiger partial charge is 0 e. The molecule has 2 aliphatic carbocycles. The molecule has 191 valence electrons. The summed E-state index contributed by atoms with van der Waals surface area (Å²) in [5, 5.41) is 0. The van der Waals surface area contributed by atoms with E-state index >= 15 is 0 Å². The predicted molar refractivity (Wildman–Crippen MR) is 159 cm³/mol. The SMILES string of the molecule is [CH3][SnH][CH](C1C(C)=Cc2c(C(C)C)cc(C(C)C)cc21)C1C(C)=Cc2c(C(C)C)cc(C(C)C)cc21.[Hf]. The first-order chi connectivity index (χ1) is 16.5. The van der Waals surface area contributed by atoms with Crippen LogP contribution in [0.1, 0.15) is 149 Å². The van der Waals surface area contributed by atoms with Crippen molar-refractivity contribution < 1.29 is 25.8 Å². The normalized spacial score (nSPS) is 19.5. The Balaban J connectivity index is 0.00000361. The molecule has 2 aromatic rings. The van der Waals surface area contributed by atoms with Crippen molar-refractivity contribution in [2.24, 2.45) is 0 Å². The Bertz CT molecular complexity index is 1090. The van der Waals surface area contributed by atoms with E-state index in [-0.39, 0.29) is 25.8 Å². The molecular weight excluding hydrogens is 706 g/mol. The summed E-state index contributed by atoms with van der Waals surface area (Å²) >= 11 is -0.824. The molecule has 0 saturated carbocycles. The maximum atomic E-state index is 2.61. The summed E-state index contributed by atoms with van der Waals surface area (Å²) in [5.41, 5.74) is 15.7. The van der Waals surface area contributed by atoms with Gasteiger partial charge in [-0.2, -0.15) is 0 Å². The van der Waals surface area contributed by atoms with Crippen LogP contribution in [0, 0.1) is 0 Å². The minimum Gasteiger partial charge on any atom is 0 e. The summed E-state index contributed by atoms with van der Waals surface area (Å²) in [7, 11) is 0. The van der Waals surface area contributed by atoms with Gasteiger partial charge < -0.3 is 0 Å². The summed E-state index contributed by atoms with van der Waals surface area (Å²) < 4.78 is 0.769. The van der Waals surface area contributed by atoms with Crippen molar-refractivity contribution in [1.82, 2.24) is 0 Å². The standard InChI is InChI=1S/C33H43.CH3.Hf.Sn.H/c1-18(2)24-13-26(20(5)6)30-11-22(9)28(32(30)15-24)17-29-23(10)12-31-27(21(7)8)14-25(19(3)4)16-33(29)31;;;;/h11-21,28-29H,1-10H3;1H3;;;. The Hall–Kier alpha value is -0.411. The van der Waals surface area contributed by atoms with Crippen LogP contribution < -0.4 is 0 Å². The van der Waals surface area contributed by atoms with Crippen LogP contribution in [0.4, 0.5) is 0 Å². The first-order valence-corrected chi connectivity index (χ1v) is 19.2. The van der Waals surface area contributed by atoms with Gasteiger partial charge in [0.15, 0.2) is 0 Å². The van der Waals surface area contributed by atoms with Crippen LogP contribution in [-0.4, -0.2) is 21.1 Å². The number of hydrogen-bond acceptors (Lipinski definition) is 0. The second-order valence-corrected chi connectivity index (χ2v) is 16.6. The average Bonchev–Trinajstić information content (AvgIpc) is 3.29. The minimum atomic E-state index is -0.824. The predicted octanol–water partition coefficient (Wildman–Crippen LogP) is 10.2. The van der Waals surface area contributed by atoms with E-state index in [1.807, 2.05) is 0 Å². The van der Waals surface area contributed by atoms with E-state index in [9.17, 15) is 0 Å². The van der Waals surface area contributed by atoms with Crippen molar-refractivity contribution >= 4 is 33.3 Å². The Labute approximate surface area is 250 Å². The van der Waals surface area contributed by atoms with E-state index in [0.29, 0.717) is 35.5 Å². The maximum absolute atomic E-state index is 2.61. The molecule has 0 bridgehead atoms. The van der Waals surface area contributed by atoms with Gasteiger partial charge in [-0.3, -0.25) is 0 Å². The molecule has 2 heteroatoms. The van der Waals surface area contributed by atoms with Crippen molar-refractivity contribution in [3.8, 4) is 0 Å². The maximum Gasteiger partial charge on any atom is 0 e. The summed E-state index contributed by atoms with van der Waals surface area (Å²) in [6.07, 6.45) is 5.12. The van der Waals surface area contributed by atoms with Crippen LogP contribution in [0.25, 0.3) is 12.2 Å². The number of allylic oxidation sites excluding steroid dienone is 2. The number of benzene rings is 2. The monoisotopic (exact) mass is 755 g/mol. The Morgan fingerprint density at radius 3 is 1.22 bits per heavy atom. The molecule has 0 aliphatic heterocycles. The molecule has 0 saturated heterocycles. The number of fused-ring (bicyclic) bond motifs is 2. The van der Waals surface area contributed by atoms with Crippen LogP contribution in [-0.2, 0) is 25.8 Å². The van der Waals surface area contributed by atoms with E-state index in [2.05, 4.69) is 111 Å². The van der Waals surface area contributed by atoms with Crippen LogP contribution >= 0.6 is 0 Å². The van der Waals surface area contributed by atoms with E-state index in [1.54, 1.807) is 44.5 Å². The molecule has 36 heavy (non-hydrogen) atoms. The van der Waals surface area contributed by atoms with Gasteiger partial charge >= 0.3 is 227 Å². The quantitative estimate of drug-likeness (QED) is 0.247. The molecule has 2 atom stereocenters. The van der Waals surface area contributed by atoms with Crippen molar-refractivity contribution in [1.29, 1.82) is 0 Å². The van der Waals surface area contributed by atoms with Crippen molar-refractivity contribution in [2.45, 2.75) is 114 Å². The van der Waals surface area contributed by atoms with Crippen LogP contribution in [0.2, 0.25) is 8.87 Å². The Morgan fingerprint density at radius 2 is 0.944 bits per heavy atom. The summed E-state index contributed by atoms with van der Waals surface area (Å²) in [6.45, 7) is 23.7. The first-order valence-electron chi connectivity index (χ1n) is 14.0. The third kappa shape index (κ3) is 5.36. The van der Waals surface area contributed by atoms with Crippen LogP contribution in [0.3, 0.4) is 0 Å². The second kappa shape index (κ2) is 11.8. The zero-order valence-corrected chi connectivity index (χ0v) is 31.5. The van der Waals surface area contributed by atoms with Gasteiger partial charge in [-0.25, -0.2) is 0 Å². The van der Waals surface area contributed by atoms with E-state index < -0.39 is 21.1 Å². The summed E-state index contributed by atoms with van der Waals surface area (Å²) in [6, 6.07) is 10.2. The van der Waals surface area contributed by atoms with Crippen molar-refractivity contribution in [2.75, 3.05) is 0 Å². The molecule has 1 radical (unpaired) electrons. The molecule has 0 spiro atoms. The molecule has 4 rings (SSSR count). The van der Waals surface area contributed by atoms with Gasteiger partial charge in [-0.05, 0) is 0 Å². The van der Waals surface area contributed by atoms with E-state index in [4.69, 9.17) is 0 Å². The van der Waals surface area contributed by atoms with E-state index in [0.717, 1.165) is 3.93 Å². The van der Waals surface area contributed by atoms with Gasteiger partial charge in [-0.15, -0.1) is 0 Å². The third-order valence-electron chi connectivity index (χ3n) is 8.66. The minimum absolute atomic E-state index is 0.